The van der Waals surface area contributed by atoms with Crippen LogP contribution in [0.15, 0.2) is 29.2 Å². The topological polar surface area (TPSA) is 52.6 Å². The third-order valence-corrected chi connectivity index (χ3v) is 3.94. The van der Waals surface area contributed by atoms with Gasteiger partial charge in [0.2, 0.25) is 0 Å². The molecular formula is C12H16O4S. The number of ether oxygens (including phenoxy) is 2. The molecule has 0 spiro atoms. The van der Waals surface area contributed by atoms with Crippen LogP contribution in [0.1, 0.15) is 13.3 Å². The lowest BCUT2D eigenvalue weighted by Gasteiger charge is -2.10. The van der Waals surface area contributed by atoms with Crippen LogP contribution in [-0.2, 0) is 20.3 Å². The molecule has 94 valence electrons. The van der Waals surface area contributed by atoms with Crippen LogP contribution in [0.5, 0.6) is 5.75 Å². The molecule has 0 heterocycles. The van der Waals surface area contributed by atoms with E-state index in [-0.39, 0.29) is 17.6 Å². The second kappa shape index (κ2) is 6.39. The maximum atomic E-state index is 12.1. The second-order valence-electron chi connectivity index (χ2n) is 3.57. The third kappa shape index (κ3) is 3.85. The Morgan fingerprint density at radius 1 is 1.41 bits per heavy atom. The van der Waals surface area contributed by atoms with Gasteiger partial charge < -0.3 is 9.47 Å². The quantitative estimate of drug-likeness (QED) is 0.753. The molecule has 0 bridgehead atoms. The van der Waals surface area contributed by atoms with Crippen LogP contribution in [0.2, 0.25) is 0 Å². The predicted octanol–water partition coefficient (Wildman–Crippen LogP) is 1.75. The molecule has 1 aromatic carbocycles. The second-order valence-corrected chi connectivity index (χ2v) is 5.44. The van der Waals surface area contributed by atoms with Crippen LogP contribution in [0.4, 0.5) is 0 Å². The van der Waals surface area contributed by atoms with Gasteiger partial charge in [-0.2, -0.15) is 0 Å². The van der Waals surface area contributed by atoms with Crippen molar-refractivity contribution in [3.63, 3.8) is 0 Å². The van der Waals surface area contributed by atoms with Gasteiger partial charge in [0.25, 0.3) is 0 Å². The summed E-state index contributed by atoms with van der Waals surface area (Å²) in [6.45, 7) is 1.76. The lowest BCUT2D eigenvalue weighted by Crippen LogP contribution is -2.17. The van der Waals surface area contributed by atoms with Gasteiger partial charge in [-0.05, 0) is 25.1 Å². The van der Waals surface area contributed by atoms with Crippen LogP contribution in [0, 0.1) is 0 Å². The summed E-state index contributed by atoms with van der Waals surface area (Å²) in [4.78, 5) is 11.8. The molecule has 0 radical (unpaired) electrons. The molecule has 0 aromatic heterocycles. The number of rotatable bonds is 5. The number of carbonyl (C=O) groups is 1. The minimum absolute atomic E-state index is 0.139. The molecule has 0 N–H and O–H groups in total. The summed E-state index contributed by atoms with van der Waals surface area (Å²) in [5, 5.41) is -0.283. The Bertz CT molecular complexity index is 417. The number of esters is 1. The normalized spacial score (nSPS) is 13.8. The summed E-state index contributed by atoms with van der Waals surface area (Å²) in [6, 6.07) is 7.03. The van der Waals surface area contributed by atoms with Crippen molar-refractivity contribution in [3.05, 3.63) is 24.3 Å². The van der Waals surface area contributed by atoms with Gasteiger partial charge in [-0.3, -0.25) is 9.00 Å². The van der Waals surface area contributed by atoms with Crippen molar-refractivity contribution in [3.8, 4) is 5.75 Å². The van der Waals surface area contributed by atoms with Crippen LogP contribution in [-0.4, -0.2) is 29.6 Å². The SMILES string of the molecule is COC(=O)CC(C)S(=O)c1cccc(OC)c1. The van der Waals surface area contributed by atoms with Crippen molar-refractivity contribution < 1.29 is 18.5 Å². The third-order valence-electron chi connectivity index (χ3n) is 2.32. The van der Waals surface area contributed by atoms with Crippen LogP contribution >= 0.6 is 0 Å². The highest BCUT2D eigenvalue weighted by atomic mass is 32.2. The molecule has 1 rings (SSSR count). The van der Waals surface area contributed by atoms with Gasteiger partial charge in [0.1, 0.15) is 5.75 Å². The van der Waals surface area contributed by atoms with Gasteiger partial charge in [-0.25, -0.2) is 0 Å². The molecule has 0 aliphatic rings. The number of hydrogen-bond acceptors (Lipinski definition) is 4. The zero-order chi connectivity index (χ0) is 12.8. The molecule has 17 heavy (non-hydrogen) atoms. The first-order valence-electron chi connectivity index (χ1n) is 5.20. The summed E-state index contributed by atoms with van der Waals surface area (Å²) in [5.41, 5.74) is 0. The molecule has 0 saturated carbocycles. The fraction of sp³-hybridized carbons (Fsp3) is 0.417. The van der Waals surface area contributed by atoms with E-state index in [1.54, 1.807) is 38.3 Å². The van der Waals surface area contributed by atoms with Gasteiger partial charge in [0.05, 0.1) is 31.4 Å². The summed E-state index contributed by atoms with van der Waals surface area (Å²) < 4.78 is 21.7. The van der Waals surface area contributed by atoms with Crippen molar-refractivity contribution in [2.45, 2.75) is 23.5 Å². The van der Waals surface area contributed by atoms with Gasteiger partial charge in [0, 0.05) is 10.1 Å². The summed E-state index contributed by atoms with van der Waals surface area (Å²) in [7, 11) is 1.64. The molecule has 0 amide bonds. The number of benzene rings is 1. The van der Waals surface area contributed by atoms with Crippen LogP contribution < -0.4 is 4.74 Å². The van der Waals surface area contributed by atoms with E-state index in [4.69, 9.17) is 4.74 Å². The fourth-order valence-electron chi connectivity index (χ4n) is 1.35. The largest absolute Gasteiger partial charge is 0.497 e. The van der Waals surface area contributed by atoms with Crippen molar-refractivity contribution in [1.29, 1.82) is 0 Å². The maximum Gasteiger partial charge on any atom is 0.306 e. The summed E-state index contributed by atoms with van der Waals surface area (Å²) in [5.74, 6) is 0.301. The van der Waals surface area contributed by atoms with Gasteiger partial charge >= 0.3 is 5.97 Å². The Labute approximate surface area is 103 Å². The number of methoxy groups -OCH3 is 2. The average molecular weight is 256 g/mol. The fourth-order valence-corrected chi connectivity index (χ4v) is 2.55. The lowest BCUT2D eigenvalue weighted by atomic mass is 10.3. The van der Waals surface area contributed by atoms with E-state index in [1.165, 1.54) is 7.11 Å². The molecular weight excluding hydrogens is 240 g/mol. The first-order chi connectivity index (χ1) is 8.08. The van der Waals surface area contributed by atoms with E-state index >= 15 is 0 Å². The van der Waals surface area contributed by atoms with E-state index in [0.717, 1.165) is 0 Å². The molecule has 0 aliphatic carbocycles. The van der Waals surface area contributed by atoms with Crippen LogP contribution in [0.25, 0.3) is 0 Å². The molecule has 0 saturated heterocycles. The summed E-state index contributed by atoms with van der Waals surface area (Å²) in [6.07, 6.45) is 0.139. The molecule has 1 aromatic rings. The minimum Gasteiger partial charge on any atom is -0.497 e. The zero-order valence-electron chi connectivity index (χ0n) is 10.1. The number of carbonyl (C=O) groups excluding carboxylic acids is 1. The monoisotopic (exact) mass is 256 g/mol. The van der Waals surface area contributed by atoms with Crippen LogP contribution in [0.3, 0.4) is 0 Å². The summed E-state index contributed by atoms with van der Waals surface area (Å²) >= 11 is 0. The first kappa shape index (κ1) is 13.7. The lowest BCUT2D eigenvalue weighted by molar-refractivity contribution is -0.140. The highest BCUT2D eigenvalue weighted by molar-refractivity contribution is 7.85. The Kier molecular flexibility index (Phi) is 5.15. The molecule has 0 aliphatic heterocycles. The molecule has 5 heteroatoms. The smallest absolute Gasteiger partial charge is 0.306 e. The highest BCUT2D eigenvalue weighted by Crippen LogP contribution is 2.19. The van der Waals surface area contributed by atoms with Crippen molar-refractivity contribution in [2.24, 2.45) is 0 Å². The Morgan fingerprint density at radius 3 is 2.71 bits per heavy atom. The van der Waals surface area contributed by atoms with E-state index in [9.17, 15) is 9.00 Å². The standard InChI is InChI=1S/C12H16O4S/c1-9(7-12(13)16-3)17(14)11-6-4-5-10(8-11)15-2/h4-6,8-9H,7H2,1-3H3. The molecule has 4 nitrogen and oxygen atoms in total. The van der Waals surface area contributed by atoms with Gasteiger partial charge in [-0.1, -0.05) is 6.07 Å². The van der Waals surface area contributed by atoms with Crippen molar-refractivity contribution >= 4 is 16.8 Å². The highest BCUT2D eigenvalue weighted by Gasteiger charge is 2.17. The maximum absolute atomic E-state index is 12.1. The van der Waals surface area contributed by atoms with E-state index < -0.39 is 10.8 Å². The van der Waals surface area contributed by atoms with Gasteiger partial charge in [0.15, 0.2) is 0 Å². The average Bonchev–Trinajstić information content (AvgIpc) is 2.37. The van der Waals surface area contributed by atoms with E-state index in [1.807, 2.05) is 0 Å². The Balaban J connectivity index is 2.77. The van der Waals surface area contributed by atoms with Crippen molar-refractivity contribution in [1.82, 2.24) is 0 Å². The predicted molar refractivity (Wildman–Crippen MR) is 65.5 cm³/mol. The van der Waals surface area contributed by atoms with Crippen molar-refractivity contribution in [2.75, 3.05) is 14.2 Å². The van der Waals surface area contributed by atoms with E-state index in [2.05, 4.69) is 4.74 Å². The zero-order valence-corrected chi connectivity index (χ0v) is 11.0. The minimum atomic E-state index is -1.24. The Morgan fingerprint density at radius 2 is 2.12 bits per heavy atom. The van der Waals surface area contributed by atoms with E-state index in [0.29, 0.717) is 10.6 Å². The number of hydrogen-bond donors (Lipinski definition) is 0. The molecule has 2 unspecified atom stereocenters. The molecule has 0 fully saturated rings. The Hall–Kier alpha value is -1.36. The molecule has 2 atom stereocenters. The van der Waals surface area contributed by atoms with Gasteiger partial charge in [-0.15, -0.1) is 0 Å². The first-order valence-corrected chi connectivity index (χ1v) is 6.41.